The summed E-state index contributed by atoms with van der Waals surface area (Å²) in [6.07, 6.45) is 12.0. The number of hydrogen-bond acceptors (Lipinski definition) is 3. The minimum Gasteiger partial charge on any atom is -0.464 e. The first kappa shape index (κ1) is 20.0. The number of nitrogens with two attached hydrogens (primary N) is 1. The lowest BCUT2D eigenvalue weighted by Gasteiger charge is -2.03. The van der Waals surface area contributed by atoms with Crippen LogP contribution in [0.2, 0.25) is 0 Å². The van der Waals surface area contributed by atoms with Crippen molar-refractivity contribution in [3.05, 3.63) is 0 Å². The third-order valence-electron chi connectivity index (χ3n) is 2.87. The number of carbonyl (C=O) groups is 1. The average Bonchev–Trinajstić information content (AvgIpc) is 2.34. The van der Waals surface area contributed by atoms with Crippen LogP contribution in [0.25, 0.3) is 0 Å². The van der Waals surface area contributed by atoms with E-state index in [2.05, 4.69) is 6.92 Å². The van der Waals surface area contributed by atoms with Crippen LogP contribution < -0.4 is 5.73 Å². The zero-order chi connectivity index (χ0) is 12.8. The molecule has 0 aromatic rings. The maximum Gasteiger partial charge on any atom is 0.305 e. The van der Waals surface area contributed by atoms with Gasteiger partial charge in [-0.05, 0) is 6.42 Å². The zero-order valence-corrected chi connectivity index (χ0v) is 12.6. The third-order valence-corrected chi connectivity index (χ3v) is 2.87. The topological polar surface area (TPSA) is 52.3 Å². The predicted molar refractivity (Wildman–Crippen MR) is 79.1 cm³/mol. The summed E-state index contributed by atoms with van der Waals surface area (Å²) in [4.78, 5) is 11.1. The number of rotatable bonds is 12. The van der Waals surface area contributed by atoms with Crippen molar-refractivity contribution in [3.63, 3.8) is 0 Å². The Bertz CT molecular complexity index is 177. The van der Waals surface area contributed by atoms with Crippen LogP contribution in [0, 0.1) is 0 Å². The number of esters is 1. The second-order valence-corrected chi connectivity index (χ2v) is 4.59. The number of ether oxygens (including phenoxy) is 1. The van der Waals surface area contributed by atoms with Crippen LogP contribution in [0.3, 0.4) is 0 Å². The molecule has 0 radical (unpaired) electrons. The van der Waals surface area contributed by atoms with Crippen molar-refractivity contribution in [3.8, 4) is 0 Å². The molecule has 2 N–H and O–H groups in total. The summed E-state index contributed by atoms with van der Waals surface area (Å²) < 4.78 is 4.90. The second-order valence-electron chi connectivity index (χ2n) is 4.59. The van der Waals surface area contributed by atoms with E-state index >= 15 is 0 Å². The highest BCUT2D eigenvalue weighted by Gasteiger charge is 2.01. The maximum atomic E-state index is 11.1. The van der Waals surface area contributed by atoms with Crippen LogP contribution in [0.4, 0.5) is 0 Å². The van der Waals surface area contributed by atoms with Gasteiger partial charge < -0.3 is 10.5 Å². The molecule has 0 spiro atoms. The van der Waals surface area contributed by atoms with Crippen molar-refractivity contribution < 1.29 is 9.53 Å². The van der Waals surface area contributed by atoms with Gasteiger partial charge in [0.2, 0.25) is 0 Å². The Labute approximate surface area is 118 Å². The number of hydrogen-bond donors (Lipinski definition) is 1. The molecule has 0 heterocycles. The number of unbranched alkanes of at least 4 members (excludes halogenated alkanes) is 8. The summed E-state index contributed by atoms with van der Waals surface area (Å²) in [6.45, 7) is 3.02. The van der Waals surface area contributed by atoms with Gasteiger partial charge in [-0.3, -0.25) is 4.79 Å². The first-order valence-electron chi connectivity index (χ1n) is 7.17. The Morgan fingerprint density at radius 2 is 1.44 bits per heavy atom. The molecule has 18 heavy (non-hydrogen) atoms. The van der Waals surface area contributed by atoms with Gasteiger partial charge >= 0.3 is 5.97 Å². The molecule has 0 rings (SSSR count). The van der Waals surface area contributed by atoms with Crippen LogP contribution in [0.1, 0.15) is 71.1 Å². The van der Waals surface area contributed by atoms with Gasteiger partial charge in [-0.2, -0.15) is 0 Å². The summed E-state index contributed by atoms with van der Waals surface area (Å²) in [6, 6.07) is 0. The highest BCUT2D eigenvalue weighted by Crippen LogP contribution is 2.10. The molecular formula is C14H30ClNO2. The molecule has 0 aliphatic carbocycles. The molecule has 0 unspecified atom stereocenters. The van der Waals surface area contributed by atoms with Crippen molar-refractivity contribution in [2.75, 3.05) is 13.2 Å². The first-order valence-corrected chi connectivity index (χ1v) is 7.17. The fourth-order valence-corrected chi connectivity index (χ4v) is 1.82. The van der Waals surface area contributed by atoms with Gasteiger partial charge in [0.05, 0.1) is 0 Å². The summed E-state index contributed by atoms with van der Waals surface area (Å²) >= 11 is 0. The van der Waals surface area contributed by atoms with E-state index in [9.17, 15) is 4.79 Å². The van der Waals surface area contributed by atoms with E-state index in [0.717, 1.165) is 12.8 Å². The molecule has 0 aromatic carbocycles. The molecule has 0 fully saturated rings. The lowest BCUT2D eigenvalue weighted by atomic mass is 10.1. The van der Waals surface area contributed by atoms with Crippen LogP contribution in [0.15, 0.2) is 0 Å². The Morgan fingerprint density at radius 1 is 0.944 bits per heavy atom. The number of carbonyl (C=O) groups excluding carboxylic acids is 1. The molecule has 110 valence electrons. The Hall–Kier alpha value is -0.280. The first-order chi connectivity index (χ1) is 8.31. The predicted octanol–water partition coefficient (Wildman–Crippen LogP) is 3.83. The normalized spacial score (nSPS) is 9.89. The quantitative estimate of drug-likeness (QED) is 0.436. The van der Waals surface area contributed by atoms with Gasteiger partial charge in [-0.25, -0.2) is 0 Å². The minimum absolute atomic E-state index is 0. The van der Waals surface area contributed by atoms with Crippen molar-refractivity contribution in [1.82, 2.24) is 0 Å². The lowest BCUT2D eigenvalue weighted by molar-refractivity contribution is -0.143. The smallest absolute Gasteiger partial charge is 0.305 e. The summed E-state index contributed by atoms with van der Waals surface area (Å²) in [5, 5.41) is 0. The van der Waals surface area contributed by atoms with E-state index in [1.807, 2.05) is 0 Å². The second kappa shape index (κ2) is 16.7. The third kappa shape index (κ3) is 15.7. The van der Waals surface area contributed by atoms with Crippen molar-refractivity contribution in [1.29, 1.82) is 0 Å². The van der Waals surface area contributed by atoms with Crippen LogP contribution in [-0.2, 0) is 9.53 Å². The molecule has 0 atom stereocenters. The van der Waals surface area contributed by atoms with Crippen molar-refractivity contribution in [2.45, 2.75) is 71.1 Å². The van der Waals surface area contributed by atoms with E-state index in [0.29, 0.717) is 19.6 Å². The largest absolute Gasteiger partial charge is 0.464 e. The summed E-state index contributed by atoms with van der Waals surface area (Å²) in [5.74, 6) is -0.0987. The van der Waals surface area contributed by atoms with Crippen LogP contribution >= 0.6 is 12.4 Å². The van der Waals surface area contributed by atoms with E-state index in [4.69, 9.17) is 10.5 Å². The van der Waals surface area contributed by atoms with E-state index in [1.54, 1.807) is 0 Å². The molecule has 0 amide bonds. The summed E-state index contributed by atoms with van der Waals surface area (Å²) in [7, 11) is 0. The van der Waals surface area contributed by atoms with E-state index < -0.39 is 0 Å². The van der Waals surface area contributed by atoms with Gasteiger partial charge in [0, 0.05) is 13.0 Å². The zero-order valence-electron chi connectivity index (χ0n) is 11.8. The molecule has 0 saturated heterocycles. The fraction of sp³-hybridized carbons (Fsp3) is 0.929. The Balaban J connectivity index is 0. The fourth-order valence-electron chi connectivity index (χ4n) is 1.82. The summed E-state index contributed by atoms with van der Waals surface area (Å²) in [5.41, 5.74) is 5.24. The van der Waals surface area contributed by atoms with Crippen LogP contribution in [0.5, 0.6) is 0 Å². The van der Waals surface area contributed by atoms with Gasteiger partial charge in [-0.1, -0.05) is 58.3 Å². The molecule has 0 aromatic heterocycles. The highest BCUT2D eigenvalue weighted by atomic mass is 35.5. The molecule has 0 aliphatic rings. The lowest BCUT2D eigenvalue weighted by Crippen LogP contribution is -2.13. The Kier molecular flexibility index (Phi) is 18.6. The standard InChI is InChI=1S/C14H29NO2.ClH/c1-2-3-4-5-6-7-8-9-10-11-14(16)17-13-12-15;/h2-13,15H2,1H3;1H. The SMILES string of the molecule is CCCCCCCCCCCC(=O)OCCN.Cl. The van der Waals surface area contributed by atoms with Gasteiger partial charge in [0.25, 0.3) is 0 Å². The molecule has 0 saturated carbocycles. The average molecular weight is 280 g/mol. The van der Waals surface area contributed by atoms with Crippen molar-refractivity contribution >= 4 is 18.4 Å². The molecule has 4 heteroatoms. The van der Waals surface area contributed by atoms with Gasteiger partial charge in [0.1, 0.15) is 6.61 Å². The Morgan fingerprint density at radius 3 is 1.94 bits per heavy atom. The van der Waals surface area contributed by atoms with Gasteiger partial charge in [0.15, 0.2) is 0 Å². The highest BCUT2D eigenvalue weighted by molar-refractivity contribution is 5.85. The molecule has 3 nitrogen and oxygen atoms in total. The van der Waals surface area contributed by atoms with Crippen LogP contribution in [-0.4, -0.2) is 19.1 Å². The van der Waals surface area contributed by atoms with E-state index in [1.165, 1.54) is 44.9 Å². The maximum absolute atomic E-state index is 11.1. The van der Waals surface area contributed by atoms with Gasteiger partial charge in [-0.15, -0.1) is 12.4 Å². The minimum atomic E-state index is -0.0987. The van der Waals surface area contributed by atoms with E-state index in [-0.39, 0.29) is 18.4 Å². The van der Waals surface area contributed by atoms with Crippen molar-refractivity contribution in [2.24, 2.45) is 5.73 Å². The molecule has 0 bridgehead atoms. The molecule has 0 aliphatic heterocycles. The molecular weight excluding hydrogens is 250 g/mol. The monoisotopic (exact) mass is 279 g/mol. The number of halogens is 1.